The van der Waals surface area contributed by atoms with Gasteiger partial charge in [-0.1, -0.05) is 38.2 Å². The highest BCUT2D eigenvalue weighted by Crippen LogP contribution is 2.27. The summed E-state index contributed by atoms with van der Waals surface area (Å²) in [5.41, 5.74) is -0.466. The Morgan fingerprint density at radius 3 is 2.57 bits per heavy atom. The van der Waals surface area contributed by atoms with Crippen molar-refractivity contribution < 1.29 is 38.8 Å². The molecule has 11 nitrogen and oxygen atoms in total. The van der Waals surface area contributed by atoms with E-state index in [1.165, 1.54) is 0 Å². The van der Waals surface area contributed by atoms with Crippen LogP contribution in [0, 0.1) is 11.8 Å². The molecule has 0 radical (unpaired) electrons. The minimum absolute atomic E-state index is 0.0488. The molecular formula is C33H53N3O8. The van der Waals surface area contributed by atoms with Crippen LogP contribution in [0.15, 0.2) is 36.0 Å². The molecule has 2 N–H and O–H groups in total. The average molecular weight is 620 g/mol. The van der Waals surface area contributed by atoms with Gasteiger partial charge in [-0.25, -0.2) is 9.59 Å². The van der Waals surface area contributed by atoms with Gasteiger partial charge in [0.25, 0.3) is 0 Å². The number of carbonyl (C=O) groups excluding carboxylic acids is 3. The molecule has 0 aromatic carbocycles. The summed E-state index contributed by atoms with van der Waals surface area (Å²) in [5, 5.41) is 20.8. The summed E-state index contributed by atoms with van der Waals surface area (Å²) in [4.78, 5) is 43.5. The van der Waals surface area contributed by atoms with Crippen LogP contribution in [0.4, 0.5) is 9.59 Å². The summed E-state index contributed by atoms with van der Waals surface area (Å²) >= 11 is 0. The maximum Gasteiger partial charge on any atom is 0.410 e. The Morgan fingerprint density at radius 2 is 1.86 bits per heavy atom. The molecule has 2 fully saturated rings. The highest BCUT2D eigenvalue weighted by molar-refractivity contribution is 5.70. The Hall–Kier alpha value is -2.89. The van der Waals surface area contributed by atoms with Crippen molar-refractivity contribution in [2.75, 3.05) is 53.0 Å². The number of piperazine rings is 1. The van der Waals surface area contributed by atoms with Crippen molar-refractivity contribution in [2.45, 2.75) is 90.1 Å². The maximum absolute atomic E-state index is 13.0. The second-order valence-corrected chi connectivity index (χ2v) is 12.8. The Morgan fingerprint density at radius 1 is 1.14 bits per heavy atom. The number of cyclic esters (lactones) is 1. The van der Waals surface area contributed by atoms with Crippen LogP contribution in [0.5, 0.6) is 0 Å². The van der Waals surface area contributed by atoms with Crippen LogP contribution < -0.4 is 0 Å². The molecule has 6 atom stereocenters. The van der Waals surface area contributed by atoms with E-state index in [0.29, 0.717) is 38.9 Å². The molecule has 0 saturated carbocycles. The number of hydrogen-bond acceptors (Lipinski definition) is 9. The van der Waals surface area contributed by atoms with Crippen molar-refractivity contribution in [3.8, 4) is 0 Å². The predicted octanol–water partition coefficient (Wildman–Crippen LogP) is 3.90. The van der Waals surface area contributed by atoms with Crippen LogP contribution in [-0.4, -0.2) is 120 Å². The molecule has 3 heterocycles. The standard InChI is InChI=1S/C33H53N3O8/c1-24(23-42-32(40)36-17-9-12-27(36)22-37)10-8-11-25(2)30-26(3)14-15-28(33(4,41)16-7-6-13-29(38)44-30)43-31(39)35-20-18-34(5)19-21-35/h8,10-11,14-15,24,26-28,30,37,41H,6-7,9,12-13,16-23H2,1-5H3/b10-8+,15-14+,25-11+/t24-,26+,27-,28+,30-,33+/m1/s1. The Labute approximate surface area is 262 Å². The first-order chi connectivity index (χ1) is 20.9. The van der Waals surface area contributed by atoms with Gasteiger partial charge in [0.2, 0.25) is 0 Å². The normalized spacial score (nSPS) is 31.2. The number of hydrogen-bond donors (Lipinski definition) is 2. The lowest BCUT2D eigenvalue weighted by Gasteiger charge is -2.36. The van der Waals surface area contributed by atoms with Crippen LogP contribution in [0.1, 0.15) is 66.2 Å². The molecule has 2 saturated heterocycles. The van der Waals surface area contributed by atoms with E-state index < -0.39 is 30.0 Å². The summed E-state index contributed by atoms with van der Waals surface area (Å²) in [5.74, 6) is -0.608. The molecule has 44 heavy (non-hydrogen) atoms. The minimum atomic E-state index is -1.29. The Bertz CT molecular complexity index is 1050. The fraction of sp³-hybridized carbons (Fsp3) is 0.727. The Balaban J connectivity index is 1.66. The first-order valence-corrected chi connectivity index (χ1v) is 16.0. The van der Waals surface area contributed by atoms with Crippen molar-refractivity contribution in [1.29, 1.82) is 0 Å². The van der Waals surface area contributed by atoms with Gasteiger partial charge in [0, 0.05) is 51.0 Å². The van der Waals surface area contributed by atoms with Crippen LogP contribution >= 0.6 is 0 Å². The van der Waals surface area contributed by atoms with Gasteiger partial charge in [-0.05, 0) is 64.6 Å². The third-order valence-electron chi connectivity index (χ3n) is 8.78. The van der Waals surface area contributed by atoms with E-state index in [4.69, 9.17) is 14.2 Å². The Kier molecular flexibility index (Phi) is 13.7. The molecule has 248 valence electrons. The summed E-state index contributed by atoms with van der Waals surface area (Å²) in [6, 6.07) is -0.172. The smallest absolute Gasteiger partial charge is 0.410 e. The maximum atomic E-state index is 13.0. The van der Waals surface area contributed by atoms with Crippen molar-refractivity contribution in [1.82, 2.24) is 14.7 Å². The zero-order valence-corrected chi connectivity index (χ0v) is 27.2. The second kappa shape index (κ2) is 17.0. The molecule has 0 unspecified atom stereocenters. The highest BCUT2D eigenvalue weighted by Gasteiger charge is 2.36. The minimum Gasteiger partial charge on any atom is -0.457 e. The van der Waals surface area contributed by atoms with E-state index >= 15 is 0 Å². The molecule has 0 aromatic rings. The van der Waals surface area contributed by atoms with Gasteiger partial charge < -0.3 is 39.1 Å². The van der Waals surface area contributed by atoms with Crippen molar-refractivity contribution >= 4 is 18.2 Å². The number of likely N-dealkylation sites (N-methyl/N-ethyl adjacent to an activating group) is 1. The summed E-state index contributed by atoms with van der Waals surface area (Å²) < 4.78 is 17.3. The zero-order chi connectivity index (χ0) is 32.3. The molecule has 0 aliphatic carbocycles. The summed E-state index contributed by atoms with van der Waals surface area (Å²) in [7, 11) is 2.02. The molecular weight excluding hydrogens is 566 g/mol. The van der Waals surface area contributed by atoms with Crippen LogP contribution in [0.3, 0.4) is 0 Å². The number of likely N-dealkylation sites (tertiary alicyclic amines) is 1. The van der Waals surface area contributed by atoms with Gasteiger partial charge in [0.05, 0.1) is 19.3 Å². The third-order valence-corrected chi connectivity index (χ3v) is 8.78. The van der Waals surface area contributed by atoms with Crippen LogP contribution in [0.25, 0.3) is 0 Å². The van der Waals surface area contributed by atoms with Gasteiger partial charge in [-0.3, -0.25) is 4.79 Å². The van der Waals surface area contributed by atoms with E-state index in [9.17, 15) is 24.6 Å². The van der Waals surface area contributed by atoms with E-state index in [0.717, 1.165) is 31.5 Å². The summed E-state index contributed by atoms with van der Waals surface area (Å²) in [6.45, 7) is 10.9. The predicted molar refractivity (Wildman–Crippen MR) is 167 cm³/mol. The van der Waals surface area contributed by atoms with E-state index in [1.807, 2.05) is 52.1 Å². The zero-order valence-electron chi connectivity index (χ0n) is 27.2. The number of allylic oxidation sites excluding steroid dienone is 2. The average Bonchev–Trinajstić information content (AvgIpc) is 3.47. The van der Waals surface area contributed by atoms with Gasteiger partial charge in [0.1, 0.15) is 11.7 Å². The number of aliphatic hydroxyl groups excluding tert-OH is 1. The first kappa shape index (κ1) is 35.6. The third kappa shape index (κ3) is 10.6. The highest BCUT2D eigenvalue weighted by atomic mass is 16.6. The number of ether oxygens (including phenoxy) is 3. The molecule has 0 bridgehead atoms. The number of esters is 1. The van der Waals surface area contributed by atoms with Crippen molar-refractivity contribution in [2.24, 2.45) is 11.8 Å². The molecule has 11 heteroatoms. The number of rotatable bonds is 7. The number of carbonyl (C=O) groups is 3. The van der Waals surface area contributed by atoms with Gasteiger partial charge in [-0.15, -0.1) is 0 Å². The van der Waals surface area contributed by atoms with Crippen molar-refractivity contribution in [3.05, 3.63) is 36.0 Å². The second-order valence-electron chi connectivity index (χ2n) is 12.8. The summed E-state index contributed by atoms with van der Waals surface area (Å²) in [6.07, 6.45) is 10.4. The molecule has 3 aliphatic rings. The molecule has 3 aliphatic heterocycles. The quantitative estimate of drug-likeness (QED) is 0.189. The monoisotopic (exact) mass is 619 g/mol. The van der Waals surface area contributed by atoms with Crippen LogP contribution in [0.2, 0.25) is 0 Å². The number of aliphatic hydroxyl groups is 2. The fourth-order valence-electron chi connectivity index (χ4n) is 5.73. The molecule has 0 aromatic heterocycles. The van der Waals surface area contributed by atoms with Gasteiger partial charge >= 0.3 is 18.2 Å². The topological polar surface area (TPSA) is 129 Å². The number of nitrogens with zero attached hydrogens (tertiary/aromatic N) is 3. The largest absolute Gasteiger partial charge is 0.457 e. The van der Waals surface area contributed by atoms with E-state index in [2.05, 4.69) is 4.90 Å². The fourth-order valence-corrected chi connectivity index (χ4v) is 5.73. The molecule has 0 spiro atoms. The first-order valence-electron chi connectivity index (χ1n) is 16.0. The van der Waals surface area contributed by atoms with Gasteiger partial charge in [-0.2, -0.15) is 0 Å². The lowest BCUT2D eigenvalue weighted by Crippen LogP contribution is -2.50. The van der Waals surface area contributed by atoms with Crippen molar-refractivity contribution in [3.63, 3.8) is 0 Å². The van der Waals surface area contributed by atoms with E-state index in [-0.39, 0.29) is 43.5 Å². The van der Waals surface area contributed by atoms with E-state index in [1.54, 1.807) is 22.8 Å². The molecule has 3 rings (SSSR count). The lowest BCUT2D eigenvalue weighted by molar-refractivity contribution is -0.149. The molecule has 2 amide bonds. The SMILES string of the molecule is C/C(=C\C=C\[C@@H](C)COC(=O)N1CCC[C@@H]1CO)[C@H]1OC(=O)CCCC[C@](C)(O)[C@@H](OC(=O)N2CCN(C)CC2)/C=C/[C@@H]1C. The van der Waals surface area contributed by atoms with Crippen LogP contribution in [-0.2, 0) is 19.0 Å². The lowest BCUT2D eigenvalue weighted by atomic mass is 9.89. The number of amides is 2. The van der Waals surface area contributed by atoms with Gasteiger partial charge in [0.15, 0.2) is 6.10 Å².